The molecule has 0 aliphatic heterocycles. The molecule has 0 spiro atoms. The number of hydrogen-bond acceptors (Lipinski definition) is 7. The van der Waals surface area contributed by atoms with Crippen molar-refractivity contribution in [2.24, 2.45) is 4.99 Å². The van der Waals surface area contributed by atoms with Crippen LogP contribution in [0.2, 0.25) is 5.28 Å². The number of aromatic nitrogens is 4. The van der Waals surface area contributed by atoms with E-state index < -0.39 is 0 Å². The van der Waals surface area contributed by atoms with Crippen LogP contribution in [-0.2, 0) is 0 Å². The number of nitrogens with one attached hydrogen (secondary N) is 2. The zero-order valence-electron chi connectivity index (χ0n) is 12.6. The fourth-order valence-electron chi connectivity index (χ4n) is 1.78. The van der Waals surface area contributed by atoms with Crippen LogP contribution in [0.15, 0.2) is 28.9 Å². The summed E-state index contributed by atoms with van der Waals surface area (Å²) in [6, 6.07) is 0.246. The van der Waals surface area contributed by atoms with Gasteiger partial charge in [-0.2, -0.15) is 15.0 Å². The van der Waals surface area contributed by atoms with Crippen molar-refractivity contribution < 1.29 is 9.84 Å². The van der Waals surface area contributed by atoms with Gasteiger partial charge in [-0.1, -0.05) is 6.08 Å². The van der Waals surface area contributed by atoms with Crippen molar-refractivity contribution in [3.05, 3.63) is 29.2 Å². The molecular weight excluding hydrogens is 320 g/mol. The number of halogens is 1. The molecule has 23 heavy (non-hydrogen) atoms. The SMILES string of the molecule is C=N/C=C\C(=C/C)CNc1nc(Cl)nc2[nH]c(OCCO)nc12. The van der Waals surface area contributed by atoms with Crippen LogP contribution in [0.4, 0.5) is 5.82 Å². The van der Waals surface area contributed by atoms with Gasteiger partial charge in [0, 0.05) is 12.7 Å². The molecule has 0 saturated carbocycles. The average molecular weight is 337 g/mol. The van der Waals surface area contributed by atoms with Crippen LogP contribution < -0.4 is 10.1 Å². The maximum Gasteiger partial charge on any atom is 0.296 e. The highest BCUT2D eigenvalue weighted by Gasteiger charge is 2.13. The highest BCUT2D eigenvalue weighted by atomic mass is 35.5. The molecule has 0 amide bonds. The first-order valence-electron chi connectivity index (χ1n) is 6.86. The summed E-state index contributed by atoms with van der Waals surface area (Å²) in [5, 5.41) is 12.0. The Labute approximate surface area is 138 Å². The van der Waals surface area contributed by atoms with E-state index in [0.717, 1.165) is 5.57 Å². The molecule has 3 N–H and O–H groups in total. The van der Waals surface area contributed by atoms with Crippen LogP contribution in [0.25, 0.3) is 11.2 Å². The van der Waals surface area contributed by atoms with Crippen LogP contribution in [0.1, 0.15) is 6.92 Å². The number of imidazole rings is 1. The molecule has 0 fully saturated rings. The average Bonchev–Trinajstić information content (AvgIpc) is 2.95. The number of aliphatic imine (C=N–C) groups is 1. The van der Waals surface area contributed by atoms with Crippen molar-refractivity contribution in [2.45, 2.75) is 6.92 Å². The molecule has 122 valence electrons. The number of aliphatic hydroxyl groups is 1. The van der Waals surface area contributed by atoms with Gasteiger partial charge in [-0.3, -0.25) is 9.98 Å². The second-order valence-corrected chi connectivity index (χ2v) is 4.71. The van der Waals surface area contributed by atoms with E-state index in [1.165, 1.54) is 0 Å². The molecule has 2 aromatic heterocycles. The predicted molar refractivity (Wildman–Crippen MR) is 90.2 cm³/mol. The van der Waals surface area contributed by atoms with E-state index in [1.807, 2.05) is 19.1 Å². The summed E-state index contributed by atoms with van der Waals surface area (Å²) in [7, 11) is 0. The van der Waals surface area contributed by atoms with Crippen molar-refractivity contribution in [2.75, 3.05) is 25.1 Å². The number of ether oxygens (including phenoxy) is 1. The summed E-state index contributed by atoms with van der Waals surface area (Å²) in [5.41, 5.74) is 1.95. The minimum absolute atomic E-state index is 0.0858. The summed E-state index contributed by atoms with van der Waals surface area (Å²) in [4.78, 5) is 19.0. The third-order valence-corrected chi connectivity index (χ3v) is 3.02. The molecule has 2 rings (SSSR count). The first-order chi connectivity index (χ1) is 11.2. The van der Waals surface area contributed by atoms with Gasteiger partial charge in [0.05, 0.1) is 6.61 Å². The highest BCUT2D eigenvalue weighted by molar-refractivity contribution is 6.28. The van der Waals surface area contributed by atoms with E-state index >= 15 is 0 Å². The van der Waals surface area contributed by atoms with Crippen LogP contribution in [0.5, 0.6) is 6.01 Å². The Morgan fingerprint density at radius 3 is 3.00 bits per heavy atom. The number of allylic oxidation sites excluding steroid dienone is 1. The van der Waals surface area contributed by atoms with E-state index in [1.54, 1.807) is 6.20 Å². The first-order valence-corrected chi connectivity index (χ1v) is 7.24. The minimum atomic E-state index is -0.108. The first kappa shape index (κ1) is 16.9. The molecule has 0 atom stereocenters. The number of H-pyrrole nitrogens is 1. The van der Waals surface area contributed by atoms with Gasteiger partial charge >= 0.3 is 0 Å². The lowest BCUT2D eigenvalue weighted by Crippen LogP contribution is -2.06. The molecular formula is C14H17ClN6O2. The third-order valence-electron chi connectivity index (χ3n) is 2.85. The Balaban J connectivity index is 2.23. The van der Waals surface area contributed by atoms with Crippen molar-refractivity contribution in [3.8, 4) is 6.01 Å². The van der Waals surface area contributed by atoms with Crippen molar-refractivity contribution >= 4 is 35.3 Å². The quantitative estimate of drug-likeness (QED) is 0.386. The number of fused-ring (bicyclic) bond motifs is 1. The molecule has 0 aliphatic rings. The molecule has 8 nitrogen and oxygen atoms in total. The lowest BCUT2D eigenvalue weighted by molar-refractivity contribution is 0.193. The van der Waals surface area contributed by atoms with E-state index in [9.17, 15) is 0 Å². The molecule has 0 saturated heterocycles. The summed E-state index contributed by atoms with van der Waals surface area (Å²) in [5.74, 6) is 0.481. The van der Waals surface area contributed by atoms with Gasteiger partial charge in [0.15, 0.2) is 17.0 Å². The smallest absolute Gasteiger partial charge is 0.296 e. The zero-order valence-corrected chi connectivity index (χ0v) is 13.3. The van der Waals surface area contributed by atoms with Crippen LogP contribution in [0, 0.1) is 0 Å². The molecule has 0 radical (unpaired) electrons. The lowest BCUT2D eigenvalue weighted by Gasteiger charge is -2.06. The number of aliphatic hydroxyl groups excluding tert-OH is 1. The predicted octanol–water partition coefficient (Wildman–Crippen LogP) is 1.95. The Morgan fingerprint density at radius 2 is 2.30 bits per heavy atom. The molecule has 2 heterocycles. The normalized spacial score (nSPS) is 12.0. The number of anilines is 1. The minimum Gasteiger partial charge on any atom is -0.462 e. The van der Waals surface area contributed by atoms with Crippen molar-refractivity contribution in [1.29, 1.82) is 0 Å². The van der Waals surface area contributed by atoms with Gasteiger partial charge in [0.1, 0.15) is 6.61 Å². The third kappa shape index (κ3) is 4.51. The largest absolute Gasteiger partial charge is 0.462 e. The zero-order chi connectivity index (χ0) is 16.7. The maximum atomic E-state index is 8.79. The van der Waals surface area contributed by atoms with E-state index in [0.29, 0.717) is 23.5 Å². The molecule has 0 unspecified atom stereocenters. The van der Waals surface area contributed by atoms with E-state index in [4.69, 9.17) is 21.4 Å². The number of aromatic amines is 1. The highest BCUT2D eigenvalue weighted by Crippen LogP contribution is 2.23. The van der Waals surface area contributed by atoms with Gasteiger partial charge in [0.25, 0.3) is 6.01 Å². The molecule has 2 aromatic rings. The fraction of sp³-hybridized carbons (Fsp3) is 0.286. The van der Waals surface area contributed by atoms with Crippen LogP contribution in [0.3, 0.4) is 0 Å². The molecule has 0 bridgehead atoms. The summed E-state index contributed by atoms with van der Waals surface area (Å²) in [6.07, 6.45) is 5.38. The second kappa shape index (κ2) is 8.25. The Bertz CT molecular complexity index is 740. The molecule has 0 aromatic carbocycles. The van der Waals surface area contributed by atoms with Gasteiger partial charge in [-0.05, 0) is 36.9 Å². The van der Waals surface area contributed by atoms with Gasteiger partial charge < -0.3 is 15.2 Å². The lowest BCUT2D eigenvalue weighted by atomic mass is 10.2. The van der Waals surface area contributed by atoms with E-state index in [-0.39, 0.29) is 24.5 Å². The molecule has 9 heteroatoms. The Hall–Kier alpha value is -2.45. The summed E-state index contributed by atoms with van der Waals surface area (Å²) >= 11 is 5.93. The Morgan fingerprint density at radius 1 is 1.48 bits per heavy atom. The summed E-state index contributed by atoms with van der Waals surface area (Å²) in [6.45, 7) is 5.84. The van der Waals surface area contributed by atoms with Gasteiger partial charge in [-0.15, -0.1) is 0 Å². The number of nitrogens with zero attached hydrogens (tertiary/aromatic N) is 4. The molecule has 0 aliphatic carbocycles. The van der Waals surface area contributed by atoms with Crippen LogP contribution in [-0.4, -0.2) is 51.5 Å². The van der Waals surface area contributed by atoms with Crippen molar-refractivity contribution in [1.82, 2.24) is 19.9 Å². The fourth-order valence-corrected chi connectivity index (χ4v) is 1.95. The second-order valence-electron chi connectivity index (χ2n) is 4.37. The summed E-state index contributed by atoms with van der Waals surface area (Å²) < 4.78 is 5.24. The van der Waals surface area contributed by atoms with Gasteiger partial charge in [-0.25, -0.2) is 0 Å². The Kier molecular flexibility index (Phi) is 6.07. The standard InChI is InChI=1S/C14H17ClN6O2/c1-3-9(4-5-16-2)8-17-11-10-12(20-13(15)19-11)21-14(18-10)23-7-6-22/h3-5,22H,2,6-8H2,1H3,(H2,17,18,19,20,21)/b5-4-,9-3+. The number of rotatable bonds is 8. The maximum absolute atomic E-state index is 8.79. The van der Waals surface area contributed by atoms with Gasteiger partial charge in [0.2, 0.25) is 5.28 Å². The number of hydrogen-bond donors (Lipinski definition) is 3. The van der Waals surface area contributed by atoms with Crippen molar-refractivity contribution in [3.63, 3.8) is 0 Å². The van der Waals surface area contributed by atoms with E-state index in [2.05, 4.69) is 37.0 Å². The monoisotopic (exact) mass is 336 g/mol. The topological polar surface area (TPSA) is 108 Å². The van der Waals surface area contributed by atoms with Crippen LogP contribution >= 0.6 is 11.6 Å².